The van der Waals surface area contributed by atoms with Gasteiger partial charge in [-0.15, -0.1) is 0 Å². The summed E-state index contributed by atoms with van der Waals surface area (Å²) < 4.78 is 0. The molecule has 3 amide bonds. The largest absolute Gasteiger partial charge is 0.333 e. The minimum Gasteiger partial charge on any atom is -0.278 e. The number of urea groups is 1. The maximum atomic E-state index is 12.5. The summed E-state index contributed by atoms with van der Waals surface area (Å²) >= 11 is 0. The average Bonchev–Trinajstić information content (AvgIpc) is 2.63. The molecular weight excluding hydrogens is 264 g/mol. The molecule has 0 atom stereocenters. The molecule has 0 saturated heterocycles. The van der Waals surface area contributed by atoms with Crippen molar-refractivity contribution in [3.05, 3.63) is 59.7 Å². The normalized spacial score (nSPS) is 12.1. The number of hydrogen-bond donors (Lipinski definition) is 1. The van der Waals surface area contributed by atoms with Crippen LogP contribution in [0.4, 0.5) is 16.2 Å². The Morgan fingerprint density at radius 1 is 0.857 bits per heavy atom. The summed E-state index contributed by atoms with van der Waals surface area (Å²) in [5.74, 6) is -0.382. The number of imide groups is 1. The van der Waals surface area contributed by atoms with Crippen molar-refractivity contribution in [3.8, 4) is 0 Å². The fourth-order valence-electron chi connectivity index (χ4n) is 2.40. The van der Waals surface area contributed by atoms with E-state index in [-0.39, 0.29) is 5.91 Å². The monoisotopic (exact) mass is 278 g/mol. The lowest BCUT2D eigenvalue weighted by atomic mass is 10.1. The van der Waals surface area contributed by atoms with E-state index in [1.54, 1.807) is 0 Å². The Hall–Kier alpha value is -2.88. The molecule has 2 aromatic rings. The van der Waals surface area contributed by atoms with Crippen molar-refractivity contribution in [2.24, 2.45) is 0 Å². The van der Waals surface area contributed by atoms with Crippen LogP contribution in [-0.2, 0) is 4.79 Å². The minimum atomic E-state index is -0.453. The molecule has 1 aliphatic rings. The van der Waals surface area contributed by atoms with Crippen molar-refractivity contribution in [2.45, 2.75) is 6.92 Å². The van der Waals surface area contributed by atoms with Gasteiger partial charge in [0.15, 0.2) is 0 Å². The molecule has 104 valence electrons. The van der Waals surface area contributed by atoms with Crippen molar-refractivity contribution < 1.29 is 9.59 Å². The lowest BCUT2D eigenvalue weighted by Gasteiger charge is -2.24. The Bertz CT molecular complexity index is 700. The highest BCUT2D eigenvalue weighted by atomic mass is 16.2. The Morgan fingerprint density at radius 3 is 1.81 bits per heavy atom. The first-order valence-corrected chi connectivity index (χ1v) is 6.64. The number of fused-ring (bicyclic) bond motifs is 2. The van der Waals surface area contributed by atoms with Gasteiger partial charge in [-0.05, 0) is 23.3 Å². The number of amides is 3. The molecule has 21 heavy (non-hydrogen) atoms. The summed E-state index contributed by atoms with van der Waals surface area (Å²) in [5, 5.41) is 2.34. The van der Waals surface area contributed by atoms with Gasteiger partial charge in [0.1, 0.15) is 0 Å². The van der Waals surface area contributed by atoms with Gasteiger partial charge in [-0.3, -0.25) is 15.0 Å². The van der Waals surface area contributed by atoms with Crippen LogP contribution in [0, 0.1) is 0 Å². The first-order chi connectivity index (χ1) is 10.2. The van der Waals surface area contributed by atoms with Crippen LogP contribution >= 0.6 is 0 Å². The van der Waals surface area contributed by atoms with Gasteiger partial charge in [-0.1, -0.05) is 48.6 Å². The Morgan fingerprint density at radius 2 is 1.33 bits per heavy atom. The van der Waals surface area contributed by atoms with E-state index in [1.165, 1.54) is 11.8 Å². The first-order valence-electron chi connectivity index (χ1n) is 6.64. The number of hydrogen-bond acceptors (Lipinski definition) is 2. The van der Waals surface area contributed by atoms with Crippen molar-refractivity contribution in [1.29, 1.82) is 0 Å². The van der Waals surface area contributed by atoms with Crippen molar-refractivity contribution in [2.75, 3.05) is 4.90 Å². The molecule has 0 saturated carbocycles. The molecule has 0 unspecified atom stereocenters. The van der Waals surface area contributed by atoms with Crippen LogP contribution in [0.25, 0.3) is 12.2 Å². The third-order valence-electron chi connectivity index (χ3n) is 3.28. The zero-order valence-corrected chi connectivity index (χ0v) is 11.5. The number of nitrogens with zero attached hydrogens (tertiary/aromatic N) is 1. The van der Waals surface area contributed by atoms with Crippen LogP contribution in [0.3, 0.4) is 0 Å². The van der Waals surface area contributed by atoms with Crippen molar-refractivity contribution in [3.63, 3.8) is 0 Å². The van der Waals surface area contributed by atoms with Crippen LogP contribution in [0.1, 0.15) is 18.1 Å². The van der Waals surface area contributed by atoms with E-state index in [0.29, 0.717) is 0 Å². The van der Waals surface area contributed by atoms with Gasteiger partial charge in [0.2, 0.25) is 5.91 Å². The second-order valence-electron chi connectivity index (χ2n) is 4.77. The molecule has 1 aliphatic heterocycles. The van der Waals surface area contributed by atoms with Crippen LogP contribution in [0.5, 0.6) is 0 Å². The topological polar surface area (TPSA) is 49.4 Å². The molecule has 0 radical (unpaired) electrons. The van der Waals surface area contributed by atoms with Gasteiger partial charge in [-0.25, -0.2) is 4.79 Å². The Balaban J connectivity index is 2.19. The van der Waals surface area contributed by atoms with Crippen LogP contribution < -0.4 is 10.2 Å². The van der Waals surface area contributed by atoms with Crippen LogP contribution in [-0.4, -0.2) is 11.9 Å². The fourth-order valence-corrected chi connectivity index (χ4v) is 2.40. The summed E-state index contributed by atoms with van der Waals surface area (Å²) in [6, 6.07) is 14.7. The molecule has 0 spiro atoms. The van der Waals surface area contributed by atoms with E-state index in [0.717, 1.165) is 22.5 Å². The van der Waals surface area contributed by atoms with Crippen molar-refractivity contribution >= 4 is 35.5 Å². The lowest BCUT2D eigenvalue weighted by Crippen LogP contribution is -2.39. The summed E-state index contributed by atoms with van der Waals surface area (Å²) in [4.78, 5) is 25.2. The van der Waals surface area contributed by atoms with Gasteiger partial charge in [0.25, 0.3) is 0 Å². The number of carbonyl (C=O) groups excluding carboxylic acids is 2. The van der Waals surface area contributed by atoms with Gasteiger partial charge in [0.05, 0.1) is 11.4 Å². The Kier molecular flexibility index (Phi) is 3.28. The molecule has 0 bridgehead atoms. The van der Waals surface area contributed by atoms with Gasteiger partial charge in [-0.2, -0.15) is 0 Å². The lowest BCUT2D eigenvalue weighted by molar-refractivity contribution is -0.117. The van der Waals surface area contributed by atoms with E-state index >= 15 is 0 Å². The molecule has 0 fully saturated rings. The van der Waals surface area contributed by atoms with E-state index in [2.05, 4.69) is 5.32 Å². The van der Waals surface area contributed by atoms with E-state index in [9.17, 15) is 9.59 Å². The molecule has 0 aliphatic carbocycles. The highest BCUT2D eigenvalue weighted by Gasteiger charge is 2.24. The van der Waals surface area contributed by atoms with Crippen LogP contribution in [0.2, 0.25) is 0 Å². The standard InChI is InChI=1S/C17H14N2O2/c1-12(20)18-17(21)19-15-8-4-2-6-13(15)10-11-14-7-3-5-9-16(14)19/h2-11H,1H3,(H,18,20,21). The second-order valence-corrected chi connectivity index (χ2v) is 4.77. The maximum Gasteiger partial charge on any atom is 0.333 e. The molecule has 4 nitrogen and oxygen atoms in total. The van der Waals surface area contributed by atoms with E-state index < -0.39 is 6.03 Å². The third kappa shape index (κ3) is 2.43. The fraction of sp³-hybridized carbons (Fsp3) is 0.0588. The number of nitrogens with one attached hydrogen (secondary N) is 1. The zero-order valence-electron chi connectivity index (χ0n) is 11.5. The summed E-state index contributed by atoms with van der Waals surface area (Å²) in [5.41, 5.74) is 3.34. The smallest absolute Gasteiger partial charge is 0.278 e. The average molecular weight is 278 g/mol. The quantitative estimate of drug-likeness (QED) is 0.801. The highest BCUT2D eigenvalue weighted by molar-refractivity contribution is 6.10. The number of carbonyl (C=O) groups is 2. The molecular formula is C17H14N2O2. The number of para-hydroxylation sites is 2. The SMILES string of the molecule is CC(=O)NC(=O)N1c2ccccc2C=Cc2ccccc21. The number of benzene rings is 2. The predicted octanol–water partition coefficient (Wildman–Crippen LogP) is 3.56. The molecule has 2 aromatic carbocycles. The minimum absolute atomic E-state index is 0.382. The molecule has 3 rings (SSSR count). The third-order valence-corrected chi connectivity index (χ3v) is 3.28. The van der Waals surface area contributed by atoms with E-state index in [4.69, 9.17) is 0 Å². The van der Waals surface area contributed by atoms with Gasteiger partial charge in [0, 0.05) is 6.92 Å². The predicted molar refractivity (Wildman–Crippen MR) is 83.2 cm³/mol. The molecule has 1 heterocycles. The summed E-state index contributed by atoms with van der Waals surface area (Å²) in [7, 11) is 0. The van der Waals surface area contributed by atoms with E-state index in [1.807, 2.05) is 60.7 Å². The zero-order chi connectivity index (χ0) is 14.8. The second kappa shape index (κ2) is 5.25. The van der Waals surface area contributed by atoms with Gasteiger partial charge >= 0.3 is 6.03 Å². The Labute approximate surface area is 122 Å². The van der Waals surface area contributed by atoms with Crippen molar-refractivity contribution in [1.82, 2.24) is 5.32 Å². The maximum absolute atomic E-state index is 12.5. The molecule has 1 N–H and O–H groups in total. The first kappa shape index (κ1) is 13.1. The number of rotatable bonds is 0. The van der Waals surface area contributed by atoms with Crippen LogP contribution in [0.15, 0.2) is 48.5 Å². The summed E-state index contributed by atoms with van der Waals surface area (Å²) in [6.45, 7) is 1.33. The molecule has 4 heteroatoms. The summed E-state index contributed by atoms with van der Waals surface area (Å²) in [6.07, 6.45) is 3.93. The highest BCUT2D eigenvalue weighted by Crippen LogP contribution is 2.35. The number of anilines is 2. The molecule has 0 aromatic heterocycles. The van der Waals surface area contributed by atoms with Gasteiger partial charge < -0.3 is 0 Å².